The molecule has 0 saturated carbocycles. The van der Waals surface area contributed by atoms with Gasteiger partial charge in [-0.15, -0.1) is 0 Å². The van der Waals surface area contributed by atoms with Gasteiger partial charge < -0.3 is 14.0 Å². The third-order valence-corrected chi connectivity index (χ3v) is 3.69. The Bertz CT molecular complexity index is 935. The van der Waals surface area contributed by atoms with E-state index in [0.717, 1.165) is 10.9 Å². The fourth-order valence-electron chi connectivity index (χ4n) is 2.55. The molecule has 0 aliphatic heterocycles. The maximum absolute atomic E-state index is 12.1. The summed E-state index contributed by atoms with van der Waals surface area (Å²) in [6.07, 6.45) is 1.86. The van der Waals surface area contributed by atoms with Crippen LogP contribution in [0, 0.1) is 11.3 Å². The van der Waals surface area contributed by atoms with Crippen LogP contribution in [-0.2, 0) is 4.74 Å². The summed E-state index contributed by atoms with van der Waals surface area (Å²) in [7, 11) is 2.89. The van der Waals surface area contributed by atoms with Crippen LogP contribution < -0.4 is 4.74 Å². The van der Waals surface area contributed by atoms with Crippen molar-refractivity contribution in [2.45, 2.75) is 0 Å². The lowest BCUT2D eigenvalue weighted by atomic mass is 10.1. The summed E-state index contributed by atoms with van der Waals surface area (Å²) >= 11 is 0. The minimum atomic E-state index is -0.436. The summed E-state index contributed by atoms with van der Waals surface area (Å²) in [5.41, 5.74) is 2.60. The van der Waals surface area contributed by atoms with E-state index in [1.165, 1.54) is 7.11 Å². The van der Waals surface area contributed by atoms with Crippen LogP contribution in [0.2, 0.25) is 0 Å². The SMILES string of the molecule is COC(=O)c1cc(OC)ccc1-n1ccc2cc(C#N)ccc21. The minimum Gasteiger partial charge on any atom is -0.497 e. The van der Waals surface area contributed by atoms with Crippen molar-refractivity contribution in [3.63, 3.8) is 0 Å². The third kappa shape index (κ3) is 2.51. The molecule has 0 saturated heterocycles. The van der Waals surface area contributed by atoms with E-state index in [-0.39, 0.29) is 0 Å². The van der Waals surface area contributed by atoms with E-state index >= 15 is 0 Å². The van der Waals surface area contributed by atoms with E-state index in [4.69, 9.17) is 14.7 Å². The Hall–Kier alpha value is -3.26. The number of benzene rings is 2. The van der Waals surface area contributed by atoms with Gasteiger partial charge in [-0.25, -0.2) is 4.79 Å². The van der Waals surface area contributed by atoms with Gasteiger partial charge >= 0.3 is 5.97 Å². The average molecular weight is 306 g/mol. The van der Waals surface area contributed by atoms with Gasteiger partial charge in [0, 0.05) is 11.6 Å². The molecule has 0 bridgehead atoms. The summed E-state index contributed by atoms with van der Waals surface area (Å²) in [6, 6.07) is 14.7. The fourth-order valence-corrected chi connectivity index (χ4v) is 2.55. The van der Waals surface area contributed by atoms with Crippen molar-refractivity contribution in [2.24, 2.45) is 0 Å². The van der Waals surface area contributed by atoms with Gasteiger partial charge in [0.05, 0.1) is 42.6 Å². The first-order valence-electron chi connectivity index (χ1n) is 6.96. The second-order valence-corrected chi connectivity index (χ2v) is 4.95. The number of nitriles is 1. The number of ether oxygens (including phenoxy) is 2. The molecule has 1 heterocycles. The van der Waals surface area contributed by atoms with Crippen molar-refractivity contribution >= 4 is 16.9 Å². The van der Waals surface area contributed by atoms with Crippen LogP contribution in [0.25, 0.3) is 16.6 Å². The normalized spacial score (nSPS) is 10.3. The molecule has 0 spiro atoms. The predicted molar refractivity (Wildman–Crippen MR) is 85.9 cm³/mol. The molecule has 1 aromatic heterocycles. The standard InChI is InChI=1S/C18H14N2O3/c1-22-14-4-6-17(15(10-14)18(21)23-2)20-8-7-13-9-12(11-19)3-5-16(13)20/h3-10H,1-2H3. The van der Waals surface area contributed by atoms with Gasteiger partial charge in [0.15, 0.2) is 0 Å². The third-order valence-electron chi connectivity index (χ3n) is 3.69. The van der Waals surface area contributed by atoms with Crippen molar-refractivity contribution in [3.8, 4) is 17.5 Å². The molecule has 2 aromatic carbocycles. The van der Waals surface area contributed by atoms with E-state index in [1.807, 2.05) is 35.0 Å². The molecule has 114 valence electrons. The number of fused-ring (bicyclic) bond motifs is 1. The molecule has 0 amide bonds. The predicted octanol–water partition coefficient (Wildman–Crippen LogP) is 3.30. The Labute approximate surface area is 133 Å². The number of esters is 1. The highest BCUT2D eigenvalue weighted by Gasteiger charge is 2.16. The van der Waals surface area contributed by atoms with Gasteiger partial charge in [-0.2, -0.15) is 5.26 Å². The number of rotatable bonds is 3. The molecular formula is C18H14N2O3. The average Bonchev–Trinajstić information content (AvgIpc) is 3.03. The Morgan fingerprint density at radius 1 is 1.13 bits per heavy atom. The monoisotopic (exact) mass is 306 g/mol. The van der Waals surface area contributed by atoms with Gasteiger partial charge in [-0.05, 0) is 42.5 Å². The van der Waals surface area contributed by atoms with E-state index in [2.05, 4.69) is 6.07 Å². The summed E-state index contributed by atoms with van der Waals surface area (Å²) < 4.78 is 11.9. The maximum Gasteiger partial charge on any atom is 0.340 e. The van der Waals surface area contributed by atoms with Gasteiger partial charge in [-0.3, -0.25) is 0 Å². The smallest absolute Gasteiger partial charge is 0.340 e. The molecule has 5 heteroatoms. The quantitative estimate of drug-likeness (QED) is 0.696. The van der Waals surface area contributed by atoms with E-state index < -0.39 is 5.97 Å². The first kappa shape index (κ1) is 14.7. The van der Waals surface area contributed by atoms with E-state index in [1.54, 1.807) is 25.3 Å². The number of hydrogen-bond donors (Lipinski definition) is 0. The lowest BCUT2D eigenvalue weighted by Crippen LogP contribution is -2.07. The maximum atomic E-state index is 12.1. The Morgan fingerprint density at radius 2 is 1.96 bits per heavy atom. The van der Waals surface area contributed by atoms with Crippen molar-refractivity contribution in [3.05, 3.63) is 59.8 Å². The molecule has 3 aromatic rings. The highest BCUT2D eigenvalue weighted by molar-refractivity contribution is 5.95. The molecule has 0 unspecified atom stereocenters. The van der Waals surface area contributed by atoms with Gasteiger partial charge in [0.2, 0.25) is 0 Å². The lowest BCUT2D eigenvalue weighted by Gasteiger charge is -2.12. The summed E-state index contributed by atoms with van der Waals surface area (Å²) in [4.78, 5) is 12.1. The largest absolute Gasteiger partial charge is 0.497 e. The molecule has 0 N–H and O–H groups in total. The summed E-state index contributed by atoms with van der Waals surface area (Å²) in [6.45, 7) is 0. The van der Waals surface area contributed by atoms with Crippen molar-refractivity contribution in [2.75, 3.05) is 14.2 Å². The fraction of sp³-hybridized carbons (Fsp3) is 0.111. The number of carbonyl (C=O) groups is 1. The highest BCUT2D eigenvalue weighted by atomic mass is 16.5. The van der Waals surface area contributed by atoms with Gasteiger partial charge in [0.1, 0.15) is 5.75 Å². The second-order valence-electron chi connectivity index (χ2n) is 4.95. The molecule has 23 heavy (non-hydrogen) atoms. The number of aromatic nitrogens is 1. The lowest BCUT2D eigenvalue weighted by molar-refractivity contribution is 0.0600. The zero-order valence-corrected chi connectivity index (χ0v) is 12.7. The molecule has 0 fully saturated rings. The number of nitrogens with zero attached hydrogens (tertiary/aromatic N) is 2. The Balaban J connectivity index is 2.22. The van der Waals surface area contributed by atoms with Crippen LogP contribution in [0.3, 0.4) is 0 Å². The molecule has 3 rings (SSSR count). The zero-order chi connectivity index (χ0) is 16.4. The van der Waals surface area contributed by atoms with Crippen LogP contribution >= 0.6 is 0 Å². The molecule has 0 aliphatic carbocycles. The van der Waals surface area contributed by atoms with Crippen LogP contribution in [0.15, 0.2) is 48.7 Å². The van der Waals surface area contributed by atoms with E-state index in [9.17, 15) is 4.79 Å². The van der Waals surface area contributed by atoms with Crippen molar-refractivity contribution < 1.29 is 14.3 Å². The second kappa shape index (κ2) is 5.85. The van der Waals surface area contributed by atoms with Crippen molar-refractivity contribution in [1.29, 1.82) is 5.26 Å². The number of carbonyl (C=O) groups excluding carboxylic acids is 1. The Kier molecular flexibility index (Phi) is 3.73. The molecular weight excluding hydrogens is 292 g/mol. The minimum absolute atomic E-state index is 0.411. The Morgan fingerprint density at radius 3 is 2.65 bits per heavy atom. The van der Waals surface area contributed by atoms with Gasteiger partial charge in [-0.1, -0.05) is 0 Å². The van der Waals surface area contributed by atoms with Crippen LogP contribution in [-0.4, -0.2) is 24.8 Å². The molecule has 0 radical (unpaired) electrons. The summed E-state index contributed by atoms with van der Waals surface area (Å²) in [5, 5.41) is 9.92. The highest BCUT2D eigenvalue weighted by Crippen LogP contribution is 2.27. The topological polar surface area (TPSA) is 64.2 Å². The summed E-state index contributed by atoms with van der Waals surface area (Å²) in [5.74, 6) is 0.145. The zero-order valence-electron chi connectivity index (χ0n) is 12.7. The van der Waals surface area contributed by atoms with Crippen LogP contribution in [0.5, 0.6) is 5.75 Å². The molecule has 0 aliphatic rings. The first-order chi connectivity index (χ1) is 11.2. The molecule has 0 atom stereocenters. The van der Waals surface area contributed by atoms with E-state index in [0.29, 0.717) is 22.6 Å². The molecule has 5 nitrogen and oxygen atoms in total. The van der Waals surface area contributed by atoms with Gasteiger partial charge in [0.25, 0.3) is 0 Å². The van der Waals surface area contributed by atoms with Crippen LogP contribution in [0.1, 0.15) is 15.9 Å². The van der Waals surface area contributed by atoms with Crippen molar-refractivity contribution in [1.82, 2.24) is 4.57 Å². The van der Waals surface area contributed by atoms with Crippen LogP contribution in [0.4, 0.5) is 0 Å². The first-order valence-corrected chi connectivity index (χ1v) is 6.96. The number of hydrogen-bond acceptors (Lipinski definition) is 4. The number of methoxy groups -OCH3 is 2.